The molecule has 3 rings (SSSR count). The Morgan fingerprint density at radius 3 is 2.74 bits per heavy atom. The minimum atomic E-state index is -1.23. The van der Waals surface area contributed by atoms with Gasteiger partial charge in [0.2, 0.25) is 0 Å². The van der Waals surface area contributed by atoms with Crippen molar-refractivity contribution in [3.05, 3.63) is 28.1 Å². The second-order valence-electron chi connectivity index (χ2n) is 8.08. The van der Waals surface area contributed by atoms with E-state index in [2.05, 4.69) is 30.5 Å². The molecule has 2 aromatic rings. The summed E-state index contributed by atoms with van der Waals surface area (Å²) in [6.07, 6.45) is 6.78. The first-order valence-corrected chi connectivity index (χ1v) is 13.0. The van der Waals surface area contributed by atoms with E-state index in [1.165, 1.54) is 10.6 Å². The molecule has 0 saturated carbocycles. The first kappa shape index (κ1) is 19.8. The van der Waals surface area contributed by atoms with Crippen LogP contribution in [-0.2, 0) is 16.2 Å². The molecular formula is C19H26FN3O3Si. The summed E-state index contributed by atoms with van der Waals surface area (Å²) in [5.74, 6) is 1.65. The number of halogens is 1. The quantitative estimate of drug-likeness (QED) is 0.432. The van der Waals surface area contributed by atoms with Crippen LogP contribution in [-0.4, -0.2) is 42.0 Å². The fraction of sp³-hybridized carbons (Fsp3) is 0.579. The van der Waals surface area contributed by atoms with Gasteiger partial charge in [0.1, 0.15) is 6.73 Å². The molecule has 0 aromatic carbocycles. The van der Waals surface area contributed by atoms with Gasteiger partial charge in [-0.25, -0.2) is 14.2 Å². The molecule has 0 radical (unpaired) electrons. The van der Waals surface area contributed by atoms with Crippen molar-refractivity contribution < 1.29 is 13.9 Å². The van der Waals surface area contributed by atoms with E-state index in [-0.39, 0.29) is 24.2 Å². The molecule has 8 heteroatoms. The van der Waals surface area contributed by atoms with Crippen molar-refractivity contribution in [2.24, 2.45) is 0 Å². The summed E-state index contributed by atoms with van der Waals surface area (Å²) in [7, 11) is -1.23. The Morgan fingerprint density at radius 2 is 2.11 bits per heavy atom. The molecule has 1 aliphatic rings. The number of hydrogen-bond acceptors (Lipinski definition) is 4. The molecule has 3 heterocycles. The van der Waals surface area contributed by atoms with Crippen LogP contribution in [0.3, 0.4) is 0 Å². The van der Waals surface area contributed by atoms with Crippen LogP contribution >= 0.6 is 0 Å². The molecule has 0 spiro atoms. The average molecular weight is 392 g/mol. The Bertz CT molecular complexity index is 917. The Balaban J connectivity index is 1.99. The summed E-state index contributed by atoms with van der Waals surface area (Å²) in [4.78, 5) is 17.3. The summed E-state index contributed by atoms with van der Waals surface area (Å²) in [6.45, 7) is 8.61. The number of nitrogens with zero attached hydrogens (tertiary/aromatic N) is 3. The molecule has 0 N–H and O–H groups in total. The van der Waals surface area contributed by atoms with Gasteiger partial charge in [-0.05, 0) is 24.8 Å². The van der Waals surface area contributed by atoms with E-state index in [9.17, 15) is 9.18 Å². The van der Waals surface area contributed by atoms with Crippen LogP contribution in [0.4, 0.5) is 4.39 Å². The number of fused-ring (bicyclic) bond motifs is 1. The Kier molecular flexibility index (Phi) is 5.84. The highest BCUT2D eigenvalue weighted by molar-refractivity contribution is 6.76. The van der Waals surface area contributed by atoms with Crippen LogP contribution in [0.5, 0.6) is 0 Å². The maximum absolute atomic E-state index is 14.2. The van der Waals surface area contributed by atoms with E-state index in [1.807, 2.05) is 0 Å². The van der Waals surface area contributed by atoms with Gasteiger partial charge in [-0.15, -0.1) is 6.42 Å². The SMILES string of the molecule is C#Cc1nc2c(cc1F)n(COCC[Si](C)(C)C)c(=O)n2C1CCOCC1. The minimum absolute atomic E-state index is 0.0411. The van der Waals surface area contributed by atoms with Gasteiger partial charge >= 0.3 is 5.69 Å². The summed E-state index contributed by atoms with van der Waals surface area (Å²) in [6, 6.07) is 2.24. The lowest BCUT2D eigenvalue weighted by atomic mass is 10.1. The molecule has 1 fully saturated rings. The third-order valence-corrected chi connectivity index (χ3v) is 6.51. The van der Waals surface area contributed by atoms with Crippen molar-refractivity contribution >= 4 is 19.2 Å². The molecule has 6 nitrogen and oxygen atoms in total. The van der Waals surface area contributed by atoms with E-state index in [0.717, 1.165) is 6.04 Å². The fourth-order valence-electron chi connectivity index (χ4n) is 3.20. The van der Waals surface area contributed by atoms with E-state index < -0.39 is 13.9 Å². The second kappa shape index (κ2) is 7.96. The summed E-state index contributed by atoms with van der Waals surface area (Å²) >= 11 is 0. The lowest BCUT2D eigenvalue weighted by molar-refractivity contribution is 0.0669. The number of ether oxygens (including phenoxy) is 2. The first-order chi connectivity index (χ1) is 12.8. The number of aromatic nitrogens is 3. The molecule has 0 bridgehead atoms. The molecular weight excluding hydrogens is 365 g/mol. The molecule has 1 saturated heterocycles. The number of hydrogen-bond donors (Lipinski definition) is 0. The van der Waals surface area contributed by atoms with Crippen LogP contribution in [0.1, 0.15) is 24.6 Å². The maximum atomic E-state index is 14.2. The van der Waals surface area contributed by atoms with Crippen LogP contribution in [0.2, 0.25) is 25.7 Å². The zero-order chi connectivity index (χ0) is 19.6. The second-order valence-corrected chi connectivity index (χ2v) is 13.7. The molecule has 0 unspecified atom stereocenters. The van der Waals surface area contributed by atoms with Crippen molar-refractivity contribution in [1.29, 1.82) is 0 Å². The van der Waals surface area contributed by atoms with Gasteiger partial charge in [0, 0.05) is 40.0 Å². The number of terminal acetylenes is 1. The normalized spacial score (nSPS) is 16.0. The van der Waals surface area contributed by atoms with Gasteiger partial charge in [0.25, 0.3) is 0 Å². The van der Waals surface area contributed by atoms with E-state index in [1.54, 1.807) is 4.57 Å². The monoisotopic (exact) mass is 391 g/mol. The molecule has 2 aromatic heterocycles. The lowest BCUT2D eigenvalue weighted by Gasteiger charge is -2.22. The smallest absolute Gasteiger partial charge is 0.332 e. The molecule has 0 amide bonds. The van der Waals surface area contributed by atoms with Crippen LogP contribution in [0.25, 0.3) is 11.2 Å². The molecule has 0 atom stereocenters. The highest BCUT2D eigenvalue weighted by Crippen LogP contribution is 2.25. The van der Waals surface area contributed by atoms with Gasteiger partial charge in [0.05, 0.1) is 5.52 Å². The van der Waals surface area contributed by atoms with Crippen LogP contribution in [0, 0.1) is 18.2 Å². The lowest BCUT2D eigenvalue weighted by Crippen LogP contribution is -2.31. The standard InChI is InChI=1S/C19H26FN3O3Si/c1-5-16-15(20)12-17-18(21-16)23(14-6-8-25-9-7-14)19(24)22(17)13-26-10-11-27(2,3)4/h1,12,14H,6-11,13H2,2-4H3. The van der Waals surface area contributed by atoms with Gasteiger partial charge in [-0.1, -0.05) is 19.6 Å². The number of imidazole rings is 1. The van der Waals surface area contributed by atoms with Gasteiger partial charge in [-0.2, -0.15) is 0 Å². The van der Waals surface area contributed by atoms with Crippen molar-refractivity contribution in [2.75, 3.05) is 19.8 Å². The van der Waals surface area contributed by atoms with Gasteiger partial charge < -0.3 is 9.47 Å². The molecule has 27 heavy (non-hydrogen) atoms. The molecule has 0 aliphatic carbocycles. The van der Waals surface area contributed by atoms with Crippen LogP contribution in [0.15, 0.2) is 10.9 Å². The Labute approximate surface area is 159 Å². The average Bonchev–Trinajstić information content (AvgIpc) is 2.88. The van der Waals surface area contributed by atoms with Crippen LogP contribution < -0.4 is 5.69 Å². The highest BCUT2D eigenvalue weighted by atomic mass is 28.3. The third-order valence-electron chi connectivity index (χ3n) is 4.80. The predicted octanol–water partition coefficient (Wildman–Crippen LogP) is 2.98. The maximum Gasteiger partial charge on any atom is 0.332 e. The Morgan fingerprint density at radius 1 is 1.41 bits per heavy atom. The summed E-state index contributed by atoms with van der Waals surface area (Å²) < 4.78 is 28.5. The number of rotatable bonds is 6. The van der Waals surface area contributed by atoms with Crippen molar-refractivity contribution in [3.8, 4) is 12.3 Å². The number of pyridine rings is 1. The fourth-order valence-corrected chi connectivity index (χ4v) is 3.96. The third kappa shape index (κ3) is 4.31. The first-order valence-electron chi connectivity index (χ1n) is 9.25. The van der Waals surface area contributed by atoms with E-state index in [0.29, 0.717) is 43.8 Å². The van der Waals surface area contributed by atoms with Crippen molar-refractivity contribution in [1.82, 2.24) is 14.1 Å². The van der Waals surface area contributed by atoms with Crippen molar-refractivity contribution in [3.63, 3.8) is 0 Å². The van der Waals surface area contributed by atoms with Crippen molar-refractivity contribution in [2.45, 2.75) is 51.3 Å². The van der Waals surface area contributed by atoms with E-state index >= 15 is 0 Å². The Hall–Kier alpha value is -1.95. The molecule has 146 valence electrons. The van der Waals surface area contributed by atoms with E-state index in [4.69, 9.17) is 15.9 Å². The van der Waals surface area contributed by atoms with Gasteiger partial charge in [0.15, 0.2) is 17.2 Å². The predicted molar refractivity (Wildman–Crippen MR) is 105 cm³/mol. The molecule has 1 aliphatic heterocycles. The highest BCUT2D eigenvalue weighted by Gasteiger charge is 2.25. The summed E-state index contributed by atoms with van der Waals surface area (Å²) in [5.41, 5.74) is 0.497. The largest absolute Gasteiger partial charge is 0.381 e. The zero-order valence-electron chi connectivity index (χ0n) is 16.1. The summed E-state index contributed by atoms with van der Waals surface area (Å²) in [5, 5.41) is 0. The van der Waals surface area contributed by atoms with Gasteiger partial charge in [-0.3, -0.25) is 9.13 Å². The topological polar surface area (TPSA) is 58.3 Å². The zero-order valence-corrected chi connectivity index (χ0v) is 17.1. The minimum Gasteiger partial charge on any atom is -0.381 e.